The number of alkyl halides is 6. The molecular weight excluding hydrogens is 604 g/mol. The number of para-hydroxylation sites is 1. The van der Waals surface area contributed by atoms with Gasteiger partial charge in [0.25, 0.3) is 10.0 Å². The number of ether oxygens (including phenoxy) is 1. The summed E-state index contributed by atoms with van der Waals surface area (Å²) in [4.78, 5) is 13.2. The minimum absolute atomic E-state index is 0.0446. The van der Waals surface area contributed by atoms with E-state index in [1.54, 1.807) is 18.2 Å². The Bertz CT molecular complexity index is 1830. The first kappa shape index (κ1) is 30.2. The Labute approximate surface area is 240 Å². The molecule has 0 spiro atoms. The quantitative estimate of drug-likeness (QED) is 0.247. The van der Waals surface area contributed by atoms with Crippen LogP contribution in [0.4, 0.5) is 32.0 Å². The van der Waals surface area contributed by atoms with Gasteiger partial charge in [-0.1, -0.05) is 49.3 Å². The van der Waals surface area contributed by atoms with E-state index in [1.807, 2.05) is 13.8 Å². The summed E-state index contributed by atoms with van der Waals surface area (Å²) in [5.74, 6) is -1.80. The summed E-state index contributed by atoms with van der Waals surface area (Å²) in [6.45, 7) is 1.87. The molecule has 1 aliphatic heterocycles. The van der Waals surface area contributed by atoms with Crippen molar-refractivity contribution in [2.45, 2.75) is 37.5 Å². The normalized spacial score (nSPS) is 15.3. The molecule has 0 unspecified atom stereocenters. The number of benzene rings is 3. The standard InChI is InChI=1S/C28H23F6N3O5S/c1-26(2)13-17-4-3-5-20(16-6-8-18(9-7-16)28(32,33)34)23(17)37(14-26)43(39,40)19-10-11-21(24-35-25(38)42-36-24)22(12-19)41-15-27(29,30)31/h3-12H,13-15H2,1-2H3,(H,35,36,38). The molecule has 8 nitrogen and oxygen atoms in total. The highest BCUT2D eigenvalue weighted by Crippen LogP contribution is 2.45. The first-order valence-electron chi connectivity index (χ1n) is 12.7. The Morgan fingerprint density at radius 3 is 2.30 bits per heavy atom. The van der Waals surface area contributed by atoms with Crippen LogP contribution < -0.4 is 14.8 Å². The molecule has 0 radical (unpaired) electrons. The first-order chi connectivity index (χ1) is 19.9. The second kappa shape index (κ2) is 10.5. The van der Waals surface area contributed by atoms with Gasteiger partial charge in [0.05, 0.1) is 21.7 Å². The van der Waals surface area contributed by atoms with Crippen LogP contribution in [-0.4, -0.2) is 37.9 Å². The third kappa shape index (κ3) is 6.26. The molecule has 15 heteroatoms. The Hall–Kier alpha value is -4.27. The first-order valence-corrected chi connectivity index (χ1v) is 14.1. The maximum absolute atomic E-state index is 14.2. The number of aromatic amines is 1. The SMILES string of the molecule is CC1(C)Cc2cccc(-c3ccc(C(F)(F)F)cc3)c2N(S(=O)(=O)c2ccc(-c3noc(=O)[nH]3)c(OCC(F)(F)F)c2)C1. The van der Waals surface area contributed by atoms with E-state index < -0.39 is 56.4 Å². The number of aromatic nitrogens is 2. The van der Waals surface area contributed by atoms with E-state index in [4.69, 9.17) is 4.74 Å². The lowest BCUT2D eigenvalue weighted by Gasteiger charge is -2.41. The lowest BCUT2D eigenvalue weighted by molar-refractivity contribution is -0.153. The third-order valence-corrected chi connectivity index (χ3v) is 8.50. The van der Waals surface area contributed by atoms with Gasteiger partial charge in [0, 0.05) is 18.2 Å². The van der Waals surface area contributed by atoms with Gasteiger partial charge in [0.1, 0.15) is 5.75 Å². The number of rotatable bonds is 6. The van der Waals surface area contributed by atoms with Crippen LogP contribution in [-0.2, 0) is 22.6 Å². The predicted molar refractivity (Wildman–Crippen MR) is 143 cm³/mol. The van der Waals surface area contributed by atoms with Gasteiger partial charge in [0.15, 0.2) is 12.4 Å². The zero-order chi connectivity index (χ0) is 31.4. The molecule has 0 aliphatic carbocycles. The van der Waals surface area contributed by atoms with Crippen LogP contribution in [0, 0.1) is 5.41 Å². The van der Waals surface area contributed by atoms with Gasteiger partial charge in [-0.05, 0) is 47.2 Å². The van der Waals surface area contributed by atoms with E-state index in [2.05, 4.69) is 14.7 Å². The van der Waals surface area contributed by atoms with Crippen LogP contribution in [0.25, 0.3) is 22.5 Å². The summed E-state index contributed by atoms with van der Waals surface area (Å²) >= 11 is 0. The maximum Gasteiger partial charge on any atom is 0.439 e. The summed E-state index contributed by atoms with van der Waals surface area (Å²) < 4.78 is 118. The van der Waals surface area contributed by atoms with Crippen molar-refractivity contribution in [1.82, 2.24) is 10.1 Å². The number of hydrogen-bond donors (Lipinski definition) is 1. The van der Waals surface area contributed by atoms with Gasteiger partial charge in [0.2, 0.25) is 0 Å². The van der Waals surface area contributed by atoms with Crippen molar-refractivity contribution in [3.05, 3.63) is 82.3 Å². The maximum atomic E-state index is 14.2. The second-order valence-corrected chi connectivity index (χ2v) is 12.6. The van der Waals surface area contributed by atoms with Crippen molar-refractivity contribution in [3.8, 4) is 28.3 Å². The van der Waals surface area contributed by atoms with Gasteiger partial charge in [-0.25, -0.2) is 13.2 Å². The van der Waals surface area contributed by atoms with Gasteiger partial charge in [-0.2, -0.15) is 26.3 Å². The number of nitrogens with one attached hydrogen (secondary N) is 1. The molecule has 1 N–H and O–H groups in total. The Balaban J connectivity index is 1.64. The minimum Gasteiger partial charge on any atom is -0.483 e. The van der Waals surface area contributed by atoms with Gasteiger partial charge < -0.3 is 4.74 Å². The number of sulfonamides is 1. The summed E-state index contributed by atoms with van der Waals surface area (Å²) in [5, 5.41) is 3.45. The van der Waals surface area contributed by atoms with Crippen LogP contribution in [0.15, 0.2) is 74.9 Å². The van der Waals surface area contributed by atoms with E-state index in [0.29, 0.717) is 23.1 Å². The molecule has 0 fully saturated rings. The third-order valence-electron chi connectivity index (χ3n) is 6.76. The van der Waals surface area contributed by atoms with Crippen LogP contribution in [0.3, 0.4) is 0 Å². The van der Waals surface area contributed by atoms with Gasteiger partial charge in [-0.3, -0.25) is 13.8 Å². The highest BCUT2D eigenvalue weighted by Gasteiger charge is 2.39. The van der Waals surface area contributed by atoms with Crippen molar-refractivity contribution in [2.24, 2.45) is 5.41 Å². The van der Waals surface area contributed by atoms with Crippen LogP contribution in [0.5, 0.6) is 5.75 Å². The fourth-order valence-corrected chi connectivity index (χ4v) is 6.68. The van der Waals surface area contributed by atoms with E-state index >= 15 is 0 Å². The lowest BCUT2D eigenvalue weighted by Crippen LogP contribution is -2.44. The average Bonchev–Trinajstić information content (AvgIpc) is 3.35. The number of H-pyrrole nitrogens is 1. The molecule has 1 aliphatic rings. The molecule has 3 aromatic carbocycles. The average molecular weight is 628 g/mol. The summed E-state index contributed by atoms with van der Waals surface area (Å²) in [6.07, 6.45) is -8.89. The fourth-order valence-electron chi connectivity index (χ4n) is 4.96. The molecule has 2 heterocycles. The largest absolute Gasteiger partial charge is 0.483 e. The number of fused-ring (bicyclic) bond motifs is 1. The van der Waals surface area contributed by atoms with Gasteiger partial charge >= 0.3 is 18.1 Å². The molecule has 43 heavy (non-hydrogen) atoms. The van der Waals surface area contributed by atoms with E-state index in [9.17, 15) is 39.6 Å². The monoisotopic (exact) mass is 627 g/mol. The predicted octanol–water partition coefficient (Wildman–Crippen LogP) is 6.43. The van der Waals surface area contributed by atoms with Crippen LogP contribution in [0.2, 0.25) is 0 Å². The number of anilines is 1. The molecule has 4 aromatic rings. The number of hydrogen-bond acceptors (Lipinski definition) is 6. The van der Waals surface area contributed by atoms with E-state index in [1.165, 1.54) is 12.1 Å². The van der Waals surface area contributed by atoms with Crippen molar-refractivity contribution in [1.29, 1.82) is 0 Å². The summed E-state index contributed by atoms with van der Waals surface area (Å²) in [6, 6.07) is 12.4. The zero-order valence-corrected chi connectivity index (χ0v) is 23.3. The van der Waals surface area contributed by atoms with Crippen molar-refractivity contribution in [3.63, 3.8) is 0 Å². The van der Waals surface area contributed by atoms with Crippen molar-refractivity contribution >= 4 is 15.7 Å². The van der Waals surface area contributed by atoms with E-state index in [-0.39, 0.29) is 23.6 Å². The Morgan fingerprint density at radius 2 is 1.70 bits per heavy atom. The number of halogens is 6. The Kier molecular flexibility index (Phi) is 7.35. The topological polar surface area (TPSA) is 106 Å². The Morgan fingerprint density at radius 1 is 1.00 bits per heavy atom. The van der Waals surface area contributed by atoms with Gasteiger partial charge in [-0.15, -0.1) is 0 Å². The highest BCUT2D eigenvalue weighted by molar-refractivity contribution is 7.92. The molecule has 0 saturated carbocycles. The smallest absolute Gasteiger partial charge is 0.439 e. The molecule has 0 atom stereocenters. The molecule has 5 rings (SSSR count). The highest BCUT2D eigenvalue weighted by atomic mass is 32.2. The van der Waals surface area contributed by atoms with Crippen LogP contribution in [0.1, 0.15) is 25.0 Å². The molecule has 0 saturated heterocycles. The second-order valence-electron chi connectivity index (χ2n) is 10.7. The van der Waals surface area contributed by atoms with Crippen molar-refractivity contribution in [2.75, 3.05) is 17.5 Å². The summed E-state index contributed by atoms with van der Waals surface area (Å²) in [7, 11) is -4.50. The lowest BCUT2D eigenvalue weighted by atomic mass is 9.80. The van der Waals surface area contributed by atoms with Crippen molar-refractivity contribution < 1.29 is 44.0 Å². The zero-order valence-electron chi connectivity index (χ0n) is 22.5. The molecule has 0 amide bonds. The fraction of sp³-hybridized carbons (Fsp3) is 0.286. The molecule has 0 bridgehead atoms. The minimum atomic E-state index is -4.77. The summed E-state index contributed by atoms with van der Waals surface area (Å²) in [5.41, 5.74) is -0.0635. The molecular formula is C28H23F6N3O5S. The van der Waals surface area contributed by atoms with E-state index in [0.717, 1.165) is 34.6 Å². The number of nitrogens with zero attached hydrogens (tertiary/aromatic N) is 2. The molecule has 1 aromatic heterocycles. The van der Waals surface area contributed by atoms with Crippen LogP contribution >= 0.6 is 0 Å². The molecule has 228 valence electrons.